The van der Waals surface area contributed by atoms with E-state index in [1.807, 2.05) is 0 Å². The number of benzene rings is 1. The van der Waals surface area contributed by atoms with Gasteiger partial charge in [0.2, 0.25) is 0 Å². The van der Waals surface area contributed by atoms with Crippen molar-refractivity contribution in [3.63, 3.8) is 0 Å². The number of carbonyl (C=O) groups excluding carboxylic acids is 1. The van der Waals surface area contributed by atoms with Crippen LogP contribution in [0.5, 0.6) is 11.5 Å². The second-order valence-corrected chi connectivity index (χ2v) is 6.54. The van der Waals surface area contributed by atoms with E-state index in [0.717, 1.165) is 12.8 Å². The molecule has 0 atom stereocenters. The van der Waals surface area contributed by atoms with Crippen LogP contribution in [-0.2, 0) is 4.74 Å². The number of hydrogen-bond acceptors (Lipinski definition) is 5. The van der Waals surface area contributed by atoms with Gasteiger partial charge in [-0.25, -0.2) is 0 Å². The molecule has 0 unspecified atom stereocenters. The van der Waals surface area contributed by atoms with Gasteiger partial charge in [-0.1, -0.05) is 23.2 Å². The van der Waals surface area contributed by atoms with Crippen LogP contribution in [0.25, 0.3) is 0 Å². The topological polar surface area (TPSA) is 69.7 Å². The molecule has 0 radical (unpaired) electrons. The summed E-state index contributed by atoms with van der Waals surface area (Å²) in [5, 5.41) is 3.23. The van der Waals surface area contributed by atoms with E-state index in [1.165, 1.54) is 12.4 Å². The number of nitrogens with one attached hydrogen (secondary N) is 1. The fraction of sp³-hybridized carbons (Fsp3) is 0.333. The van der Waals surface area contributed by atoms with E-state index in [9.17, 15) is 4.79 Å². The van der Waals surface area contributed by atoms with Gasteiger partial charge in [0.25, 0.3) is 5.91 Å². The van der Waals surface area contributed by atoms with Crippen molar-refractivity contribution in [2.75, 3.05) is 25.6 Å². The third kappa shape index (κ3) is 4.38. The number of nitrogens with zero attached hydrogens (tertiary/aromatic N) is 1. The number of methoxy groups -OCH3 is 1. The molecule has 1 aromatic carbocycles. The summed E-state index contributed by atoms with van der Waals surface area (Å²) in [6, 6.07) is 4.99. The van der Waals surface area contributed by atoms with Gasteiger partial charge in [0.05, 0.1) is 36.1 Å². The number of halogens is 2. The zero-order valence-corrected chi connectivity index (χ0v) is 15.6. The molecule has 138 valence electrons. The molecular formula is C18H18Cl2N2O4. The lowest BCUT2D eigenvalue weighted by atomic mass is 10.1. The molecule has 1 aliphatic heterocycles. The summed E-state index contributed by atoms with van der Waals surface area (Å²) >= 11 is 12.1. The standard InChI is InChI=1S/C18H18Cl2N2O4/c1-24-15-3-2-11(8-16(15)26-12-4-6-25-7-5-12)18(23)22-17-13(19)9-21-10-14(17)20/h2-3,8-10,12H,4-7H2,1H3,(H,21,22,23). The molecule has 26 heavy (non-hydrogen) atoms. The fourth-order valence-electron chi connectivity index (χ4n) is 2.60. The Labute approximate surface area is 161 Å². The van der Waals surface area contributed by atoms with Crippen molar-refractivity contribution >= 4 is 34.8 Å². The largest absolute Gasteiger partial charge is 0.493 e. The summed E-state index contributed by atoms with van der Waals surface area (Å²) in [6.45, 7) is 1.32. The predicted octanol–water partition coefficient (Wildman–Crippen LogP) is 4.21. The minimum absolute atomic E-state index is 0.0278. The smallest absolute Gasteiger partial charge is 0.255 e. The van der Waals surface area contributed by atoms with E-state index in [1.54, 1.807) is 25.3 Å². The second kappa shape index (κ2) is 8.58. The van der Waals surface area contributed by atoms with Crippen LogP contribution in [-0.4, -0.2) is 37.3 Å². The Morgan fingerprint density at radius 3 is 2.54 bits per heavy atom. The lowest BCUT2D eigenvalue weighted by Gasteiger charge is -2.24. The Bertz CT molecular complexity index is 775. The molecule has 6 nitrogen and oxygen atoms in total. The molecule has 1 aliphatic rings. The third-order valence-electron chi connectivity index (χ3n) is 3.98. The van der Waals surface area contributed by atoms with Crippen LogP contribution in [0.15, 0.2) is 30.6 Å². The van der Waals surface area contributed by atoms with E-state index in [-0.39, 0.29) is 22.1 Å². The number of ether oxygens (including phenoxy) is 3. The first kappa shape index (κ1) is 18.8. The Kier molecular flexibility index (Phi) is 6.19. The first-order chi connectivity index (χ1) is 12.6. The minimum Gasteiger partial charge on any atom is -0.493 e. The van der Waals surface area contributed by atoms with Gasteiger partial charge in [0.1, 0.15) is 6.10 Å². The summed E-state index contributed by atoms with van der Waals surface area (Å²) in [4.78, 5) is 16.5. The fourth-order valence-corrected chi connectivity index (χ4v) is 3.06. The Hall–Kier alpha value is -2.02. The van der Waals surface area contributed by atoms with Gasteiger partial charge in [-0.3, -0.25) is 9.78 Å². The van der Waals surface area contributed by atoms with Crippen molar-refractivity contribution in [3.05, 3.63) is 46.2 Å². The summed E-state index contributed by atoms with van der Waals surface area (Å²) in [7, 11) is 1.56. The lowest BCUT2D eigenvalue weighted by Crippen LogP contribution is -2.26. The van der Waals surface area contributed by atoms with Crippen molar-refractivity contribution in [2.45, 2.75) is 18.9 Å². The molecule has 1 saturated heterocycles. The van der Waals surface area contributed by atoms with Gasteiger partial charge >= 0.3 is 0 Å². The highest BCUT2D eigenvalue weighted by molar-refractivity contribution is 6.39. The predicted molar refractivity (Wildman–Crippen MR) is 99.7 cm³/mol. The average Bonchev–Trinajstić information content (AvgIpc) is 2.65. The molecule has 1 amide bonds. The zero-order chi connectivity index (χ0) is 18.5. The first-order valence-electron chi connectivity index (χ1n) is 8.11. The second-order valence-electron chi connectivity index (χ2n) is 5.73. The highest BCUT2D eigenvalue weighted by Crippen LogP contribution is 2.32. The number of aromatic nitrogens is 1. The Morgan fingerprint density at radius 1 is 1.19 bits per heavy atom. The molecule has 2 aromatic rings. The van der Waals surface area contributed by atoms with Gasteiger partial charge in [-0.05, 0) is 18.2 Å². The molecular weight excluding hydrogens is 379 g/mol. The normalized spacial score (nSPS) is 14.7. The number of rotatable bonds is 5. The van der Waals surface area contributed by atoms with E-state index >= 15 is 0 Å². The number of anilines is 1. The summed E-state index contributed by atoms with van der Waals surface area (Å²) < 4.78 is 16.7. The molecule has 0 saturated carbocycles. The summed E-state index contributed by atoms with van der Waals surface area (Å²) in [5.74, 6) is 0.714. The molecule has 0 bridgehead atoms. The van der Waals surface area contributed by atoms with Crippen molar-refractivity contribution in [3.8, 4) is 11.5 Å². The molecule has 1 aromatic heterocycles. The van der Waals surface area contributed by atoms with Crippen LogP contribution < -0.4 is 14.8 Å². The van der Waals surface area contributed by atoms with Gasteiger partial charge in [0, 0.05) is 30.8 Å². The van der Waals surface area contributed by atoms with Gasteiger partial charge in [0.15, 0.2) is 11.5 Å². The van der Waals surface area contributed by atoms with Gasteiger partial charge in [-0.15, -0.1) is 0 Å². The van der Waals surface area contributed by atoms with Crippen molar-refractivity contribution in [1.82, 2.24) is 4.98 Å². The van der Waals surface area contributed by atoms with E-state index < -0.39 is 0 Å². The van der Waals surface area contributed by atoms with E-state index in [2.05, 4.69) is 10.3 Å². The highest BCUT2D eigenvalue weighted by Gasteiger charge is 2.19. The van der Waals surface area contributed by atoms with Crippen LogP contribution in [0, 0.1) is 0 Å². The third-order valence-corrected chi connectivity index (χ3v) is 4.55. The average molecular weight is 397 g/mol. The molecule has 1 N–H and O–H groups in total. The van der Waals surface area contributed by atoms with Crippen LogP contribution in [0.3, 0.4) is 0 Å². The lowest BCUT2D eigenvalue weighted by molar-refractivity contribution is 0.0245. The van der Waals surface area contributed by atoms with Crippen molar-refractivity contribution < 1.29 is 19.0 Å². The van der Waals surface area contributed by atoms with Crippen LogP contribution >= 0.6 is 23.2 Å². The maximum atomic E-state index is 12.6. The monoisotopic (exact) mass is 396 g/mol. The molecule has 8 heteroatoms. The van der Waals surface area contributed by atoms with E-state index in [0.29, 0.717) is 36.0 Å². The minimum atomic E-state index is -0.362. The number of amides is 1. The summed E-state index contributed by atoms with van der Waals surface area (Å²) in [6.07, 6.45) is 4.44. The highest BCUT2D eigenvalue weighted by atomic mass is 35.5. The zero-order valence-electron chi connectivity index (χ0n) is 14.1. The Balaban J connectivity index is 1.80. The van der Waals surface area contributed by atoms with Gasteiger partial charge < -0.3 is 19.5 Å². The molecule has 0 spiro atoms. The van der Waals surface area contributed by atoms with Crippen LogP contribution in [0.1, 0.15) is 23.2 Å². The van der Waals surface area contributed by atoms with Crippen LogP contribution in [0.4, 0.5) is 5.69 Å². The Morgan fingerprint density at radius 2 is 1.88 bits per heavy atom. The SMILES string of the molecule is COc1ccc(C(=O)Nc2c(Cl)cncc2Cl)cc1OC1CCOCC1. The molecule has 3 rings (SSSR count). The van der Waals surface area contributed by atoms with Crippen molar-refractivity contribution in [1.29, 1.82) is 0 Å². The molecule has 1 fully saturated rings. The number of hydrogen-bond donors (Lipinski definition) is 1. The van der Waals surface area contributed by atoms with Gasteiger partial charge in [-0.2, -0.15) is 0 Å². The number of carbonyl (C=O) groups is 1. The maximum Gasteiger partial charge on any atom is 0.255 e. The quantitative estimate of drug-likeness (QED) is 0.819. The molecule has 0 aliphatic carbocycles. The first-order valence-corrected chi connectivity index (χ1v) is 8.87. The van der Waals surface area contributed by atoms with Crippen LogP contribution in [0.2, 0.25) is 10.0 Å². The summed E-state index contributed by atoms with van der Waals surface area (Å²) in [5.41, 5.74) is 0.716. The van der Waals surface area contributed by atoms with Crippen molar-refractivity contribution in [2.24, 2.45) is 0 Å². The maximum absolute atomic E-state index is 12.6. The number of pyridine rings is 1. The van der Waals surface area contributed by atoms with E-state index in [4.69, 9.17) is 37.4 Å². The molecule has 2 heterocycles.